The van der Waals surface area contributed by atoms with Gasteiger partial charge in [0.2, 0.25) is 5.95 Å². The first kappa shape index (κ1) is 20.9. The average molecular weight is 422 g/mol. The maximum Gasteiger partial charge on any atom is 0.573 e. The molecule has 0 aliphatic heterocycles. The maximum absolute atomic E-state index is 12.6. The van der Waals surface area contributed by atoms with E-state index >= 15 is 0 Å². The number of rotatable bonds is 6. The minimum Gasteiger partial charge on any atom is -0.406 e. The molecule has 0 amide bonds. The Kier molecular flexibility index (Phi) is 5.97. The monoisotopic (exact) mass is 422 g/mol. The zero-order valence-electron chi connectivity index (χ0n) is 16.2. The summed E-state index contributed by atoms with van der Waals surface area (Å²) in [6, 6.07) is 11.4. The molecule has 0 atom stereocenters. The number of anilines is 2. The van der Waals surface area contributed by atoms with Crippen molar-refractivity contribution < 1.29 is 17.9 Å². The van der Waals surface area contributed by atoms with Gasteiger partial charge in [0.1, 0.15) is 11.6 Å². The van der Waals surface area contributed by atoms with Gasteiger partial charge in [0.15, 0.2) is 0 Å². The van der Waals surface area contributed by atoms with Gasteiger partial charge in [-0.1, -0.05) is 18.2 Å². The molecule has 0 saturated heterocycles. The van der Waals surface area contributed by atoms with E-state index in [-0.39, 0.29) is 11.3 Å². The number of benzene rings is 1. The molecule has 0 saturated carbocycles. The Balaban J connectivity index is 1.93. The highest BCUT2D eigenvalue weighted by Gasteiger charge is 2.31. The minimum absolute atomic E-state index is 0.287. The predicted molar refractivity (Wildman–Crippen MR) is 109 cm³/mol. The summed E-state index contributed by atoms with van der Waals surface area (Å²) in [5, 5.41) is 8.44. The summed E-state index contributed by atoms with van der Waals surface area (Å²) in [5.74, 6) is 0.648. The lowest BCUT2D eigenvalue weighted by Gasteiger charge is -2.21. The molecule has 0 radical (unpaired) electrons. The molecule has 9 heteroatoms. The van der Waals surface area contributed by atoms with Crippen LogP contribution in [0.4, 0.5) is 24.9 Å². The topological polar surface area (TPSA) is 59.1 Å². The molecule has 5 nitrogen and oxygen atoms in total. The van der Waals surface area contributed by atoms with Crippen LogP contribution in [0.15, 0.2) is 47.8 Å². The van der Waals surface area contributed by atoms with Crippen LogP contribution in [0.3, 0.4) is 0 Å². The lowest BCUT2D eigenvalue weighted by Crippen LogP contribution is -2.27. The molecule has 3 aromatic rings. The SMILES string of the molecule is CC(C)(C)Nc1nc(NCc2cccs2)cc(-c2cccc(OC(F)(F)F)c2)n1. The fourth-order valence-corrected chi connectivity index (χ4v) is 3.16. The van der Waals surface area contributed by atoms with Crippen LogP contribution in [0.25, 0.3) is 11.3 Å². The van der Waals surface area contributed by atoms with Gasteiger partial charge in [0.25, 0.3) is 0 Å². The highest BCUT2D eigenvalue weighted by Crippen LogP contribution is 2.29. The van der Waals surface area contributed by atoms with E-state index in [0.29, 0.717) is 29.6 Å². The number of ether oxygens (including phenoxy) is 1. The number of thiophene rings is 1. The number of nitrogens with zero attached hydrogens (tertiary/aromatic N) is 2. The molecular formula is C20H21F3N4OS. The van der Waals surface area contributed by atoms with Crippen LogP contribution in [-0.4, -0.2) is 21.9 Å². The third-order valence-electron chi connectivity index (χ3n) is 3.60. The van der Waals surface area contributed by atoms with Gasteiger partial charge in [-0.3, -0.25) is 0 Å². The van der Waals surface area contributed by atoms with Crippen molar-refractivity contribution in [3.63, 3.8) is 0 Å². The first-order valence-electron chi connectivity index (χ1n) is 8.87. The standard InChI is InChI=1S/C20H21F3N4OS/c1-19(2,3)27-18-25-16(11-17(26-18)24-12-15-8-5-9-29-15)13-6-4-7-14(10-13)28-20(21,22)23/h4-11H,12H2,1-3H3,(H2,24,25,26,27). The Labute approximate surface area is 171 Å². The van der Waals surface area contributed by atoms with E-state index in [1.165, 1.54) is 18.2 Å². The molecule has 2 aromatic heterocycles. The number of hydrogen-bond donors (Lipinski definition) is 2. The zero-order chi connectivity index (χ0) is 21.1. The van der Waals surface area contributed by atoms with Crippen LogP contribution in [-0.2, 0) is 6.54 Å². The fourth-order valence-electron chi connectivity index (χ4n) is 2.52. The maximum atomic E-state index is 12.6. The van der Waals surface area contributed by atoms with E-state index in [2.05, 4.69) is 25.3 Å². The van der Waals surface area contributed by atoms with Crippen molar-refractivity contribution in [3.8, 4) is 17.0 Å². The van der Waals surface area contributed by atoms with E-state index in [0.717, 1.165) is 4.88 Å². The highest BCUT2D eigenvalue weighted by atomic mass is 32.1. The molecule has 29 heavy (non-hydrogen) atoms. The minimum atomic E-state index is -4.75. The normalized spacial score (nSPS) is 11.9. The third kappa shape index (κ3) is 6.63. The van der Waals surface area contributed by atoms with E-state index in [4.69, 9.17) is 0 Å². The third-order valence-corrected chi connectivity index (χ3v) is 4.48. The van der Waals surface area contributed by atoms with E-state index in [1.54, 1.807) is 23.5 Å². The summed E-state index contributed by atoms with van der Waals surface area (Å²) in [4.78, 5) is 10.1. The number of halogens is 3. The van der Waals surface area contributed by atoms with E-state index in [9.17, 15) is 13.2 Å². The van der Waals surface area contributed by atoms with Gasteiger partial charge in [0.05, 0.1) is 12.2 Å². The largest absolute Gasteiger partial charge is 0.573 e. The van der Waals surface area contributed by atoms with Gasteiger partial charge < -0.3 is 15.4 Å². The van der Waals surface area contributed by atoms with Crippen LogP contribution >= 0.6 is 11.3 Å². The molecule has 0 fully saturated rings. The van der Waals surface area contributed by atoms with E-state index < -0.39 is 6.36 Å². The first-order valence-corrected chi connectivity index (χ1v) is 9.75. The molecule has 1 aromatic carbocycles. The molecule has 0 unspecified atom stereocenters. The Morgan fingerprint density at radius 2 is 1.83 bits per heavy atom. The summed E-state index contributed by atoms with van der Waals surface area (Å²) in [6.45, 7) is 6.50. The van der Waals surface area contributed by atoms with Crippen molar-refractivity contribution in [3.05, 3.63) is 52.7 Å². The Morgan fingerprint density at radius 3 is 2.48 bits per heavy atom. The molecule has 2 N–H and O–H groups in total. The molecule has 0 aliphatic carbocycles. The summed E-state index contributed by atoms with van der Waals surface area (Å²) in [7, 11) is 0. The van der Waals surface area contributed by atoms with Gasteiger partial charge in [-0.25, -0.2) is 4.98 Å². The second-order valence-electron chi connectivity index (χ2n) is 7.35. The van der Waals surface area contributed by atoms with Crippen molar-refractivity contribution in [2.75, 3.05) is 10.6 Å². The quantitative estimate of drug-likeness (QED) is 0.516. The van der Waals surface area contributed by atoms with Gasteiger partial charge in [-0.15, -0.1) is 24.5 Å². The van der Waals surface area contributed by atoms with Crippen LogP contribution in [0.1, 0.15) is 25.6 Å². The molecule has 0 bridgehead atoms. The fraction of sp³-hybridized carbons (Fsp3) is 0.300. The van der Waals surface area contributed by atoms with Crippen LogP contribution in [0.5, 0.6) is 5.75 Å². The lowest BCUT2D eigenvalue weighted by molar-refractivity contribution is -0.274. The number of nitrogens with one attached hydrogen (secondary N) is 2. The zero-order valence-corrected chi connectivity index (χ0v) is 17.0. The summed E-state index contributed by atoms with van der Waals surface area (Å²) in [5.41, 5.74) is 0.684. The van der Waals surface area contributed by atoms with E-state index in [1.807, 2.05) is 38.3 Å². The lowest BCUT2D eigenvalue weighted by atomic mass is 10.1. The molecule has 0 aliphatic rings. The van der Waals surface area contributed by atoms with Crippen LogP contribution in [0, 0.1) is 0 Å². The first-order chi connectivity index (χ1) is 13.6. The molecule has 154 valence electrons. The highest BCUT2D eigenvalue weighted by molar-refractivity contribution is 7.09. The number of alkyl halides is 3. The van der Waals surface area contributed by atoms with Crippen molar-refractivity contribution in [1.82, 2.24) is 9.97 Å². The summed E-state index contributed by atoms with van der Waals surface area (Å²) >= 11 is 1.62. The van der Waals surface area contributed by atoms with Crippen molar-refractivity contribution >= 4 is 23.1 Å². The predicted octanol–water partition coefficient (Wildman–Crippen LogP) is 5.93. The van der Waals surface area contributed by atoms with Gasteiger partial charge in [-0.05, 0) is 44.4 Å². The number of aromatic nitrogens is 2. The summed E-state index contributed by atoms with van der Waals surface area (Å²) < 4.78 is 41.7. The second-order valence-corrected chi connectivity index (χ2v) is 8.38. The van der Waals surface area contributed by atoms with Crippen LogP contribution < -0.4 is 15.4 Å². The van der Waals surface area contributed by atoms with Crippen molar-refractivity contribution in [2.45, 2.75) is 39.2 Å². The van der Waals surface area contributed by atoms with Gasteiger partial charge in [0, 0.05) is 22.0 Å². The van der Waals surface area contributed by atoms with Gasteiger partial charge >= 0.3 is 6.36 Å². The van der Waals surface area contributed by atoms with Crippen molar-refractivity contribution in [1.29, 1.82) is 0 Å². The number of hydrogen-bond acceptors (Lipinski definition) is 6. The molecular weight excluding hydrogens is 401 g/mol. The average Bonchev–Trinajstić information content (AvgIpc) is 3.10. The van der Waals surface area contributed by atoms with Crippen LogP contribution in [0.2, 0.25) is 0 Å². The summed E-state index contributed by atoms with van der Waals surface area (Å²) in [6.07, 6.45) is -4.75. The Hall–Kier alpha value is -2.81. The molecule has 0 spiro atoms. The molecule has 3 rings (SSSR count). The second kappa shape index (κ2) is 8.28. The smallest absolute Gasteiger partial charge is 0.406 e. The van der Waals surface area contributed by atoms with Gasteiger partial charge in [-0.2, -0.15) is 4.98 Å². The molecule has 2 heterocycles. The Bertz CT molecular complexity index is 953. The van der Waals surface area contributed by atoms with Crippen molar-refractivity contribution in [2.24, 2.45) is 0 Å². The Morgan fingerprint density at radius 1 is 1.03 bits per heavy atom.